The molecule has 0 radical (unpaired) electrons. The third kappa shape index (κ3) is 2.99. The highest BCUT2D eigenvalue weighted by molar-refractivity contribution is 6.05. The summed E-state index contributed by atoms with van der Waals surface area (Å²) in [5, 5.41) is 11.6. The molecule has 0 saturated heterocycles. The van der Waals surface area contributed by atoms with Crippen LogP contribution in [0.5, 0.6) is 0 Å². The molecule has 1 N–H and O–H groups in total. The van der Waals surface area contributed by atoms with Crippen LogP contribution in [-0.2, 0) is 6.42 Å². The topological polar surface area (TPSA) is 52.9 Å². The highest BCUT2D eigenvalue weighted by Gasteiger charge is 2.09. The van der Waals surface area contributed by atoms with E-state index in [1.807, 2.05) is 37.3 Å². The molecule has 0 unspecified atom stereocenters. The van der Waals surface area contributed by atoms with Crippen molar-refractivity contribution in [3.8, 4) is 6.07 Å². The van der Waals surface area contributed by atoms with Crippen LogP contribution in [0.2, 0.25) is 0 Å². The summed E-state index contributed by atoms with van der Waals surface area (Å²) in [6.07, 6.45) is 0.816. The summed E-state index contributed by atoms with van der Waals surface area (Å²) >= 11 is 0. The molecule has 0 saturated carbocycles. The second kappa shape index (κ2) is 5.83. The number of nitrogens with zero attached hydrogens (tertiary/aromatic N) is 1. The first-order valence-corrected chi connectivity index (χ1v) is 6.14. The van der Waals surface area contributed by atoms with Gasteiger partial charge in [0.15, 0.2) is 0 Å². The molecule has 2 aromatic carbocycles. The molecule has 1 amide bonds. The van der Waals surface area contributed by atoms with Gasteiger partial charge in [0, 0.05) is 11.3 Å². The van der Waals surface area contributed by atoms with Crippen LogP contribution >= 0.6 is 0 Å². The molecule has 2 rings (SSSR count). The van der Waals surface area contributed by atoms with Crippen LogP contribution in [0.3, 0.4) is 0 Å². The van der Waals surface area contributed by atoms with Gasteiger partial charge in [-0.2, -0.15) is 5.26 Å². The second-order valence-corrected chi connectivity index (χ2v) is 4.15. The predicted molar refractivity (Wildman–Crippen MR) is 74.9 cm³/mol. The molecule has 3 heteroatoms. The Kier molecular flexibility index (Phi) is 3.94. The highest BCUT2D eigenvalue weighted by atomic mass is 16.1. The molecule has 0 aromatic heterocycles. The molecule has 0 aliphatic heterocycles. The number of carbonyl (C=O) groups is 1. The first kappa shape index (κ1) is 12.8. The van der Waals surface area contributed by atoms with Gasteiger partial charge in [0.1, 0.15) is 0 Å². The number of hydrogen-bond donors (Lipinski definition) is 1. The van der Waals surface area contributed by atoms with E-state index in [0.717, 1.165) is 12.0 Å². The summed E-state index contributed by atoms with van der Waals surface area (Å²) in [7, 11) is 0. The lowest BCUT2D eigenvalue weighted by molar-refractivity contribution is 0.102. The van der Waals surface area contributed by atoms with Gasteiger partial charge < -0.3 is 5.32 Å². The zero-order chi connectivity index (χ0) is 13.7. The number of aryl methyl sites for hydroxylation is 1. The first-order valence-electron chi connectivity index (χ1n) is 6.14. The van der Waals surface area contributed by atoms with E-state index in [9.17, 15) is 4.79 Å². The van der Waals surface area contributed by atoms with Crippen molar-refractivity contribution in [2.24, 2.45) is 0 Å². The number of nitriles is 1. The van der Waals surface area contributed by atoms with Crippen molar-refractivity contribution < 1.29 is 4.79 Å². The van der Waals surface area contributed by atoms with Gasteiger partial charge in [0.25, 0.3) is 5.91 Å². The summed E-state index contributed by atoms with van der Waals surface area (Å²) in [6, 6.07) is 16.4. The lowest BCUT2D eigenvalue weighted by Gasteiger charge is -2.08. The van der Waals surface area contributed by atoms with E-state index >= 15 is 0 Å². The number of benzene rings is 2. The summed E-state index contributed by atoms with van der Waals surface area (Å²) in [5.41, 5.74) is 2.98. The summed E-state index contributed by atoms with van der Waals surface area (Å²) in [4.78, 5) is 12.2. The van der Waals surface area contributed by atoms with Gasteiger partial charge in [-0.3, -0.25) is 4.79 Å². The molecule has 0 atom stereocenters. The molecule has 0 bridgehead atoms. The van der Waals surface area contributed by atoms with Crippen molar-refractivity contribution in [3.63, 3.8) is 0 Å². The zero-order valence-electron chi connectivity index (χ0n) is 10.7. The number of nitrogens with one attached hydrogen (secondary N) is 1. The van der Waals surface area contributed by atoms with Crippen LogP contribution in [-0.4, -0.2) is 5.91 Å². The van der Waals surface area contributed by atoms with E-state index in [2.05, 4.69) is 5.32 Å². The third-order valence-electron chi connectivity index (χ3n) is 2.91. The van der Waals surface area contributed by atoms with Gasteiger partial charge in [-0.25, -0.2) is 0 Å². The molecule has 0 aliphatic rings. The summed E-state index contributed by atoms with van der Waals surface area (Å²) < 4.78 is 0. The molecular weight excluding hydrogens is 236 g/mol. The van der Waals surface area contributed by atoms with E-state index in [-0.39, 0.29) is 5.91 Å². The van der Waals surface area contributed by atoms with Crippen molar-refractivity contribution in [1.82, 2.24) is 0 Å². The van der Waals surface area contributed by atoms with Crippen molar-refractivity contribution in [2.75, 3.05) is 5.32 Å². The fourth-order valence-corrected chi connectivity index (χ4v) is 1.88. The third-order valence-corrected chi connectivity index (χ3v) is 2.91. The van der Waals surface area contributed by atoms with E-state index < -0.39 is 0 Å². The van der Waals surface area contributed by atoms with Gasteiger partial charge >= 0.3 is 0 Å². The maximum absolute atomic E-state index is 12.2. The van der Waals surface area contributed by atoms with Crippen molar-refractivity contribution >= 4 is 11.6 Å². The lowest BCUT2D eigenvalue weighted by Crippen LogP contribution is -2.13. The first-order chi connectivity index (χ1) is 9.24. The minimum atomic E-state index is -0.123. The molecule has 0 heterocycles. The van der Waals surface area contributed by atoms with Crippen LogP contribution in [0.25, 0.3) is 0 Å². The number of carbonyl (C=O) groups excluding carboxylic acids is 1. The molecule has 19 heavy (non-hydrogen) atoms. The highest BCUT2D eigenvalue weighted by Crippen LogP contribution is 2.14. The Labute approximate surface area is 112 Å². The Bertz CT molecular complexity index is 624. The molecule has 0 fully saturated rings. The van der Waals surface area contributed by atoms with Crippen LogP contribution in [0, 0.1) is 11.3 Å². The number of amides is 1. The number of anilines is 1. The van der Waals surface area contributed by atoms with Crippen molar-refractivity contribution in [2.45, 2.75) is 13.3 Å². The average Bonchev–Trinajstić information content (AvgIpc) is 2.48. The van der Waals surface area contributed by atoms with Gasteiger partial charge in [0.05, 0.1) is 11.6 Å². The Morgan fingerprint density at radius 1 is 1.16 bits per heavy atom. The smallest absolute Gasteiger partial charge is 0.255 e. The van der Waals surface area contributed by atoms with Crippen LogP contribution in [0.4, 0.5) is 5.69 Å². The van der Waals surface area contributed by atoms with Crippen LogP contribution in [0.15, 0.2) is 48.5 Å². The number of rotatable bonds is 3. The Hall–Kier alpha value is -2.60. The normalized spacial score (nSPS) is 9.68. The van der Waals surface area contributed by atoms with Crippen molar-refractivity contribution in [3.05, 3.63) is 65.2 Å². The van der Waals surface area contributed by atoms with Gasteiger partial charge in [-0.15, -0.1) is 0 Å². The van der Waals surface area contributed by atoms with Gasteiger partial charge in [-0.1, -0.05) is 25.1 Å². The molecule has 2 aromatic rings. The Morgan fingerprint density at radius 3 is 2.47 bits per heavy atom. The van der Waals surface area contributed by atoms with Gasteiger partial charge in [0.2, 0.25) is 0 Å². The number of hydrogen-bond acceptors (Lipinski definition) is 2. The predicted octanol–water partition coefficient (Wildman–Crippen LogP) is 3.37. The average molecular weight is 250 g/mol. The minimum Gasteiger partial charge on any atom is -0.322 e. The zero-order valence-corrected chi connectivity index (χ0v) is 10.7. The molecule has 0 aliphatic carbocycles. The summed E-state index contributed by atoms with van der Waals surface area (Å²) in [6.45, 7) is 2.02. The molecule has 0 spiro atoms. The minimum absolute atomic E-state index is 0.123. The fraction of sp³-hybridized carbons (Fsp3) is 0.125. The fourth-order valence-electron chi connectivity index (χ4n) is 1.88. The van der Waals surface area contributed by atoms with Crippen LogP contribution in [0.1, 0.15) is 28.4 Å². The standard InChI is InChI=1S/C16H14N2O/c1-2-13-5-3-4-6-15(13)16(19)18-14-9-7-12(11-17)8-10-14/h3-10H,2H2,1H3,(H,18,19). The van der Waals surface area contributed by atoms with Gasteiger partial charge in [-0.05, 0) is 42.3 Å². The largest absolute Gasteiger partial charge is 0.322 e. The quantitative estimate of drug-likeness (QED) is 0.908. The second-order valence-electron chi connectivity index (χ2n) is 4.15. The van der Waals surface area contributed by atoms with Crippen molar-refractivity contribution in [1.29, 1.82) is 5.26 Å². The van der Waals surface area contributed by atoms with Crippen LogP contribution < -0.4 is 5.32 Å². The Morgan fingerprint density at radius 2 is 1.84 bits per heavy atom. The van der Waals surface area contributed by atoms with E-state index in [0.29, 0.717) is 16.8 Å². The molecular formula is C16H14N2O. The van der Waals surface area contributed by atoms with E-state index in [4.69, 9.17) is 5.26 Å². The summed E-state index contributed by atoms with van der Waals surface area (Å²) in [5.74, 6) is -0.123. The molecule has 94 valence electrons. The maximum atomic E-state index is 12.2. The SMILES string of the molecule is CCc1ccccc1C(=O)Nc1ccc(C#N)cc1. The Balaban J connectivity index is 2.18. The monoisotopic (exact) mass is 250 g/mol. The lowest BCUT2D eigenvalue weighted by atomic mass is 10.0. The maximum Gasteiger partial charge on any atom is 0.255 e. The van der Waals surface area contributed by atoms with E-state index in [1.54, 1.807) is 24.3 Å². The van der Waals surface area contributed by atoms with E-state index in [1.165, 1.54) is 0 Å². The molecule has 3 nitrogen and oxygen atoms in total.